The smallest absolute Gasteiger partial charge is 0.313 e. The molecule has 0 bridgehead atoms. The van der Waals surface area contributed by atoms with Crippen molar-refractivity contribution in [3.63, 3.8) is 0 Å². The van der Waals surface area contributed by atoms with Crippen LogP contribution >= 0.6 is 0 Å². The van der Waals surface area contributed by atoms with Gasteiger partial charge in [-0.05, 0) is 32.6 Å². The van der Waals surface area contributed by atoms with Crippen molar-refractivity contribution >= 4 is 5.97 Å². The fraction of sp³-hybridized carbons (Fsp3) is 0.917. The average molecular weight is 213 g/mol. The second-order valence-corrected chi connectivity index (χ2v) is 4.68. The summed E-state index contributed by atoms with van der Waals surface area (Å²) in [5.41, 5.74) is 5.31. The maximum Gasteiger partial charge on any atom is 0.313 e. The molecule has 15 heavy (non-hydrogen) atoms. The number of hydrogen-bond acceptors (Lipinski definition) is 3. The normalized spacial score (nSPS) is 22.1. The first-order valence-corrected chi connectivity index (χ1v) is 6.02. The van der Waals surface area contributed by atoms with Gasteiger partial charge in [-0.3, -0.25) is 4.79 Å². The van der Waals surface area contributed by atoms with Crippen LogP contribution in [-0.4, -0.2) is 19.1 Å². The second kappa shape index (κ2) is 5.50. The molecule has 88 valence electrons. The first-order chi connectivity index (χ1) is 7.15. The summed E-state index contributed by atoms with van der Waals surface area (Å²) in [4.78, 5) is 11.9. The second-order valence-electron chi connectivity index (χ2n) is 4.68. The van der Waals surface area contributed by atoms with E-state index >= 15 is 0 Å². The number of ether oxygens (including phenoxy) is 1. The summed E-state index contributed by atoms with van der Waals surface area (Å²) >= 11 is 0. The number of nitrogens with two attached hydrogens (primary N) is 1. The van der Waals surface area contributed by atoms with E-state index in [0.29, 0.717) is 19.1 Å². The Morgan fingerprint density at radius 1 is 1.40 bits per heavy atom. The van der Waals surface area contributed by atoms with Gasteiger partial charge in [0.2, 0.25) is 0 Å². The molecule has 0 spiro atoms. The van der Waals surface area contributed by atoms with Crippen LogP contribution in [0.4, 0.5) is 0 Å². The van der Waals surface area contributed by atoms with Crippen LogP contribution in [0.1, 0.15) is 46.0 Å². The van der Waals surface area contributed by atoms with Crippen LogP contribution in [0.5, 0.6) is 0 Å². The third-order valence-electron chi connectivity index (χ3n) is 3.67. The fourth-order valence-electron chi connectivity index (χ4n) is 2.45. The van der Waals surface area contributed by atoms with Crippen LogP contribution in [0.3, 0.4) is 0 Å². The number of carbonyl (C=O) groups excluding carboxylic acids is 1. The maximum atomic E-state index is 11.9. The van der Waals surface area contributed by atoms with Gasteiger partial charge in [-0.2, -0.15) is 0 Å². The van der Waals surface area contributed by atoms with Crippen molar-refractivity contribution in [2.24, 2.45) is 17.1 Å². The lowest BCUT2D eigenvalue weighted by atomic mass is 9.70. The summed E-state index contributed by atoms with van der Waals surface area (Å²) in [6, 6.07) is 0. The van der Waals surface area contributed by atoms with E-state index in [9.17, 15) is 4.79 Å². The molecule has 0 aromatic rings. The minimum Gasteiger partial charge on any atom is -0.466 e. The van der Waals surface area contributed by atoms with Crippen molar-refractivity contribution in [1.82, 2.24) is 0 Å². The highest BCUT2D eigenvalue weighted by atomic mass is 16.5. The zero-order chi connectivity index (χ0) is 11.3. The summed E-state index contributed by atoms with van der Waals surface area (Å²) in [6.07, 6.45) is 5.97. The van der Waals surface area contributed by atoms with E-state index in [0.717, 1.165) is 12.8 Å². The predicted molar refractivity (Wildman–Crippen MR) is 60.4 cm³/mol. The van der Waals surface area contributed by atoms with Crippen molar-refractivity contribution in [3.05, 3.63) is 0 Å². The lowest BCUT2D eigenvalue weighted by molar-refractivity contribution is -0.158. The molecule has 3 nitrogen and oxygen atoms in total. The van der Waals surface area contributed by atoms with E-state index in [1.54, 1.807) is 0 Å². The maximum absolute atomic E-state index is 11.9. The Balaban J connectivity index is 2.68. The van der Waals surface area contributed by atoms with E-state index in [1.165, 1.54) is 19.3 Å². The van der Waals surface area contributed by atoms with Crippen LogP contribution in [0.25, 0.3) is 0 Å². The largest absolute Gasteiger partial charge is 0.466 e. The zero-order valence-corrected chi connectivity index (χ0v) is 9.92. The monoisotopic (exact) mass is 213 g/mol. The summed E-state index contributed by atoms with van der Waals surface area (Å²) in [6.45, 7) is 4.65. The van der Waals surface area contributed by atoms with Crippen LogP contribution in [0, 0.1) is 11.3 Å². The lowest BCUT2D eigenvalue weighted by Crippen LogP contribution is -2.44. The SMILES string of the molecule is CCOC(=O)C(C)(CN)C1CCCCC1. The number of rotatable bonds is 4. The Morgan fingerprint density at radius 3 is 2.47 bits per heavy atom. The fourth-order valence-corrected chi connectivity index (χ4v) is 2.45. The molecule has 2 N–H and O–H groups in total. The van der Waals surface area contributed by atoms with E-state index < -0.39 is 5.41 Å². The molecule has 1 fully saturated rings. The quantitative estimate of drug-likeness (QED) is 0.727. The highest BCUT2D eigenvalue weighted by molar-refractivity contribution is 5.77. The third-order valence-corrected chi connectivity index (χ3v) is 3.67. The molecule has 0 radical (unpaired) electrons. The van der Waals surface area contributed by atoms with Gasteiger partial charge in [-0.1, -0.05) is 19.3 Å². The molecule has 0 aromatic heterocycles. The zero-order valence-electron chi connectivity index (χ0n) is 9.92. The number of esters is 1. The average Bonchev–Trinajstić information content (AvgIpc) is 2.29. The predicted octanol–water partition coefficient (Wildman–Crippen LogP) is 2.09. The van der Waals surface area contributed by atoms with E-state index in [2.05, 4.69) is 0 Å². The molecule has 1 aliphatic rings. The molecule has 0 heterocycles. The van der Waals surface area contributed by atoms with Gasteiger partial charge in [0.05, 0.1) is 12.0 Å². The van der Waals surface area contributed by atoms with Gasteiger partial charge < -0.3 is 10.5 Å². The van der Waals surface area contributed by atoms with Gasteiger partial charge in [0.25, 0.3) is 0 Å². The first kappa shape index (κ1) is 12.5. The highest BCUT2D eigenvalue weighted by Gasteiger charge is 2.41. The molecule has 1 aliphatic carbocycles. The Morgan fingerprint density at radius 2 is 2.00 bits per heavy atom. The van der Waals surface area contributed by atoms with Crippen LogP contribution in [0.15, 0.2) is 0 Å². The Kier molecular flexibility index (Phi) is 4.58. The van der Waals surface area contributed by atoms with Crippen molar-refractivity contribution in [1.29, 1.82) is 0 Å². The van der Waals surface area contributed by atoms with E-state index in [1.807, 2.05) is 13.8 Å². The van der Waals surface area contributed by atoms with Gasteiger partial charge in [0.1, 0.15) is 0 Å². The molecule has 1 saturated carbocycles. The summed E-state index contributed by atoms with van der Waals surface area (Å²) in [5, 5.41) is 0. The van der Waals surface area contributed by atoms with Gasteiger partial charge >= 0.3 is 5.97 Å². The van der Waals surface area contributed by atoms with E-state index in [-0.39, 0.29) is 5.97 Å². The summed E-state index contributed by atoms with van der Waals surface area (Å²) in [5.74, 6) is 0.301. The summed E-state index contributed by atoms with van der Waals surface area (Å²) in [7, 11) is 0. The van der Waals surface area contributed by atoms with Gasteiger partial charge in [-0.15, -0.1) is 0 Å². The first-order valence-electron chi connectivity index (χ1n) is 6.02. The van der Waals surface area contributed by atoms with Crippen LogP contribution < -0.4 is 5.73 Å². The number of carbonyl (C=O) groups is 1. The minimum atomic E-state index is -0.462. The van der Waals surface area contributed by atoms with Crippen LogP contribution in [0.2, 0.25) is 0 Å². The Hall–Kier alpha value is -0.570. The minimum absolute atomic E-state index is 0.112. The molecule has 1 unspecified atom stereocenters. The molecule has 0 amide bonds. The number of hydrogen-bond donors (Lipinski definition) is 1. The van der Waals surface area contributed by atoms with Crippen molar-refractivity contribution < 1.29 is 9.53 Å². The Bertz CT molecular complexity index is 212. The Labute approximate surface area is 92.4 Å². The van der Waals surface area contributed by atoms with Gasteiger partial charge in [0, 0.05) is 6.54 Å². The summed E-state index contributed by atoms with van der Waals surface area (Å²) < 4.78 is 5.13. The third kappa shape index (κ3) is 2.71. The molecule has 0 aromatic carbocycles. The van der Waals surface area contributed by atoms with Crippen molar-refractivity contribution in [2.45, 2.75) is 46.0 Å². The molecule has 0 saturated heterocycles. The van der Waals surface area contributed by atoms with E-state index in [4.69, 9.17) is 10.5 Å². The molecular weight excluding hydrogens is 190 g/mol. The van der Waals surface area contributed by atoms with Gasteiger partial charge in [0.15, 0.2) is 0 Å². The molecular formula is C12H23NO2. The van der Waals surface area contributed by atoms with Crippen molar-refractivity contribution in [3.8, 4) is 0 Å². The molecule has 1 rings (SSSR count). The molecule has 0 aliphatic heterocycles. The highest BCUT2D eigenvalue weighted by Crippen LogP contribution is 2.38. The lowest BCUT2D eigenvalue weighted by Gasteiger charge is -2.36. The standard InChI is InChI=1S/C12H23NO2/c1-3-15-11(14)12(2,9-13)10-7-5-4-6-8-10/h10H,3-9,13H2,1-2H3. The van der Waals surface area contributed by atoms with Gasteiger partial charge in [-0.25, -0.2) is 0 Å². The van der Waals surface area contributed by atoms with Crippen molar-refractivity contribution in [2.75, 3.05) is 13.2 Å². The topological polar surface area (TPSA) is 52.3 Å². The molecule has 1 atom stereocenters. The van der Waals surface area contributed by atoms with Crippen LogP contribution in [-0.2, 0) is 9.53 Å². The molecule has 3 heteroatoms.